The Hall–Kier alpha value is 0.844. The maximum absolute atomic E-state index is 2.96. The Kier molecular flexibility index (Phi) is 11.4. The Morgan fingerprint density at radius 2 is 2.12 bits per heavy atom. The SMILES string of the molecule is C[C-]=CC(C)[CH-]C.[Y]. The first-order valence-electron chi connectivity index (χ1n) is 2.61. The van der Waals surface area contributed by atoms with E-state index in [2.05, 4.69) is 26.3 Å². The van der Waals surface area contributed by atoms with Crippen molar-refractivity contribution < 1.29 is 32.7 Å². The quantitative estimate of drug-likeness (QED) is 0.578. The van der Waals surface area contributed by atoms with Gasteiger partial charge in [-0.15, -0.1) is 0 Å². The van der Waals surface area contributed by atoms with Crippen LogP contribution in [0.4, 0.5) is 0 Å². The van der Waals surface area contributed by atoms with E-state index < -0.39 is 0 Å². The van der Waals surface area contributed by atoms with Crippen molar-refractivity contribution in [2.75, 3.05) is 0 Å². The van der Waals surface area contributed by atoms with E-state index in [0.717, 1.165) is 0 Å². The van der Waals surface area contributed by atoms with Crippen LogP contribution in [0.3, 0.4) is 0 Å². The summed E-state index contributed by atoms with van der Waals surface area (Å²) in [4.78, 5) is 0. The minimum absolute atomic E-state index is 0. The van der Waals surface area contributed by atoms with Crippen LogP contribution in [-0.2, 0) is 32.7 Å². The van der Waals surface area contributed by atoms with Gasteiger partial charge in [-0.05, 0) is 0 Å². The van der Waals surface area contributed by atoms with Gasteiger partial charge < -0.3 is 12.5 Å². The summed E-state index contributed by atoms with van der Waals surface area (Å²) in [7, 11) is 0. The molecule has 1 unspecified atom stereocenters. The van der Waals surface area contributed by atoms with E-state index in [1.807, 2.05) is 13.0 Å². The Bertz CT molecular complexity index is 57.4. The third-order valence-electron chi connectivity index (χ3n) is 0.955. The Morgan fingerprint density at radius 1 is 1.62 bits per heavy atom. The van der Waals surface area contributed by atoms with Crippen molar-refractivity contribution >= 4 is 0 Å². The van der Waals surface area contributed by atoms with Crippen molar-refractivity contribution in [2.45, 2.75) is 20.8 Å². The zero-order chi connectivity index (χ0) is 5.70. The molecule has 0 N–H and O–H groups in total. The van der Waals surface area contributed by atoms with Crippen LogP contribution in [0.5, 0.6) is 0 Å². The molecular weight excluding hydrogens is 173 g/mol. The molecule has 0 saturated heterocycles. The van der Waals surface area contributed by atoms with E-state index in [9.17, 15) is 0 Å². The van der Waals surface area contributed by atoms with Crippen LogP contribution in [0.2, 0.25) is 0 Å². The third-order valence-corrected chi connectivity index (χ3v) is 0.955. The summed E-state index contributed by atoms with van der Waals surface area (Å²) < 4.78 is 0. The number of rotatable bonds is 2. The average molecular weight is 185 g/mol. The third kappa shape index (κ3) is 6.84. The molecule has 0 aliphatic carbocycles. The van der Waals surface area contributed by atoms with E-state index >= 15 is 0 Å². The fraction of sp³-hybridized carbons (Fsp3) is 0.571. The Balaban J connectivity index is 0. The summed E-state index contributed by atoms with van der Waals surface area (Å²) in [6.45, 7) is 6.11. The summed E-state index contributed by atoms with van der Waals surface area (Å²) in [5.74, 6) is 0.588. The molecule has 45 valence electrons. The average Bonchev–Trinajstić information content (AvgIpc) is 1.68. The normalized spacial score (nSPS) is 13.4. The van der Waals surface area contributed by atoms with Gasteiger partial charge >= 0.3 is 0 Å². The van der Waals surface area contributed by atoms with Crippen LogP contribution in [-0.4, -0.2) is 0 Å². The van der Waals surface area contributed by atoms with Gasteiger partial charge in [0.05, 0.1) is 0 Å². The first kappa shape index (κ1) is 11.6. The molecule has 0 bridgehead atoms. The first-order valence-corrected chi connectivity index (χ1v) is 2.61. The van der Waals surface area contributed by atoms with Gasteiger partial charge in [-0.1, -0.05) is 6.92 Å². The van der Waals surface area contributed by atoms with E-state index in [1.165, 1.54) is 0 Å². The molecule has 0 aliphatic rings. The topological polar surface area (TPSA) is 0 Å². The molecule has 1 heteroatoms. The van der Waals surface area contributed by atoms with Gasteiger partial charge in [0.2, 0.25) is 0 Å². The largest absolute Gasteiger partial charge is 0.506 e. The van der Waals surface area contributed by atoms with E-state index in [4.69, 9.17) is 0 Å². The second-order valence-corrected chi connectivity index (χ2v) is 1.65. The molecule has 0 aromatic heterocycles. The molecule has 0 aromatic rings. The first-order chi connectivity index (χ1) is 3.31. The molecule has 0 fully saturated rings. The van der Waals surface area contributed by atoms with Gasteiger partial charge in [-0.25, -0.2) is 0 Å². The van der Waals surface area contributed by atoms with Crippen molar-refractivity contribution in [1.82, 2.24) is 0 Å². The molecular formula is C7H12Y-2. The van der Waals surface area contributed by atoms with Crippen LogP contribution in [0.15, 0.2) is 6.08 Å². The Labute approximate surface area is 77.6 Å². The number of hydrogen-bond donors (Lipinski definition) is 0. The van der Waals surface area contributed by atoms with Gasteiger partial charge in [-0.2, -0.15) is 19.8 Å². The molecule has 0 saturated carbocycles. The van der Waals surface area contributed by atoms with Crippen LogP contribution >= 0.6 is 0 Å². The molecule has 8 heavy (non-hydrogen) atoms. The zero-order valence-electron chi connectivity index (χ0n) is 5.81. The smallest absolute Gasteiger partial charge is 0 e. The minimum Gasteiger partial charge on any atom is -0.506 e. The summed E-state index contributed by atoms with van der Waals surface area (Å²) in [5.41, 5.74) is 0. The van der Waals surface area contributed by atoms with Crippen LogP contribution in [0, 0.1) is 18.4 Å². The van der Waals surface area contributed by atoms with Crippen molar-refractivity contribution in [3.8, 4) is 0 Å². The van der Waals surface area contributed by atoms with Crippen molar-refractivity contribution in [3.05, 3.63) is 18.6 Å². The maximum Gasteiger partial charge on any atom is 0 e. The summed E-state index contributed by atoms with van der Waals surface area (Å²) >= 11 is 0. The van der Waals surface area contributed by atoms with E-state index in [1.54, 1.807) is 0 Å². The molecule has 0 nitrogen and oxygen atoms in total. The van der Waals surface area contributed by atoms with Gasteiger partial charge in [0, 0.05) is 32.7 Å². The number of hydrogen-bond acceptors (Lipinski definition) is 0. The molecule has 1 radical (unpaired) electrons. The van der Waals surface area contributed by atoms with Crippen LogP contribution in [0.1, 0.15) is 20.8 Å². The molecule has 0 heterocycles. The van der Waals surface area contributed by atoms with Gasteiger partial charge in [0.1, 0.15) is 0 Å². The van der Waals surface area contributed by atoms with Crippen LogP contribution in [0.25, 0.3) is 0 Å². The predicted molar refractivity (Wildman–Crippen MR) is 32.6 cm³/mol. The van der Waals surface area contributed by atoms with Crippen molar-refractivity contribution in [1.29, 1.82) is 0 Å². The second kappa shape index (κ2) is 7.84. The molecule has 1 atom stereocenters. The zero-order valence-corrected chi connectivity index (χ0v) is 8.65. The number of allylic oxidation sites excluding steroid dienone is 2. The standard InChI is InChI=1S/C7H12.Y/c1-4-6-7(3)5-2;/h5-7H,1-3H3;/q-2;. The predicted octanol–water partition coefficient (Wildman–Crippen LogP) is 2.22. The van der Waals surface area contributed by atoms with Gasteiger partial charge in [0.25, 0.3) is 0 Å². The van der Waals surface area contributed by atoms with Crippen molar-refractivity contribution in [3.63, 3.8) is 0 Å². The summed E-state index contributed by atoms with van der Waals surface area (Å²) in [6, 6.07) is 0. The Morgan fingerprint density at radius 3 is 2.25 bits per heavy atom. The molecule has 0 aromatic carbocycles. The molecule has 0 spiro atoms. The van der Waals surface area contributed by atoms with Crippen molar-refractivity contribution in [2.24, 2.45) is 5.92 Å². The van der Waals surface area contributed by atoms with Gasteiger partial charge in [0.15, 0.2) is 0 Å². The molecule has 0 aliphatic heterocycles. The summed E-state index contributed by atoms with van der Waals surface area (Å²) in [5, 5.41) is 0. The fourth-order valence-electron chi connectivity index (χ4n) is 0.359. The molecule has 0 rings (SSSR count). The second-order valence-electron chi connectivity index (χ2n) is 1.65. The maximum atomic E-state index is 2.96. The fourth-order valence-corrected chi connectivity index (χ4v) is 0.359. The van der Waals surface area contributed by atoms with E-state index in [-0.39, 0.29) is 32.7 Å². The van der Waals surface area contributed by atoms with E-state index in [0.29, 0.717) is 5.92 Å². The minimum atomic E-state index is 0. The van der Waals surface area contributed by atoms with Gasteiger partial charge in [-0.3, -0.25) is 6.08 Å². The molecule has 0 amide bonds. The summed E-state index contributed by atoms with van der Waals surface area (Å²) in [6.07, 6.45) is 7.14. The monoisotopic (exact) mass is 185 g/mol. The van der Waals surface area contributed by atoms with Crippen LogP contribution < -0.4 is 0 Å².